The van der Waals surface area contributed by atoms with Crippen molar-refractivity contribution in [2.24, 2.45) is 0 Å². The molecule has 0 saturated carbocycles. The van der Waals surface area contributed by atoms with Crippen molar-refractivity contribution in [3.63, 3.8) is 0 Å². The van der Waals surface area contributed by atoms with Gasteiger partial charge in [-0.05, 0) is 43.1 Å². The van der Waals surface area contributed by atoms with Crippen LogP contribution in [0.5, 0.6) is 0 Å². The summed E-state index contributed by atoms with van der Waals surface area (Å²) in [5.41, 5.74) is 2.07. The number of benzene rings is 1. The Kier molecular flexibility index (Phi) is 5.94. The highest BCUT2D eigenvalue weighted by atomic mass is 32.2. The number of rotatable bonds is 5. The van der Waals surface area contributed by atoms with E-state index in [0.29, 0.717) is 4.75 Å². The molecule has 1 saturated heterocycles. The average molecular weight is 310 g/mol. The number of nitrogens with zero attached hydrogens (tertiary/aromatic N) is 1. The molecule has 1 aromatic rings. The van der Waals surface area contributed by atoms with Crippen molar-refractivity contribution in [2.45, 2.75) is 44.9 Å². The lowest BCUT2D eigenvalue weighted by Crippen LogP contribution is -2.27. The molecule has 0 atom stereocenters. The van der Waals surface area contributed by atoms with Gasteiger partial charge in [0.25, 0.3) is 0 Å². The smallest absolute Gasteiger partial charge is 0.125 e. The van der Waals surface area contributed by atoms with Crippen LogP contribution in [0.4, 0.5) is 10.1 Å². The minimum Gasteiger partial charge on any atom is -0.371 e. The summed E-state index contributed by atoms with van der Waals surface area (Å²) in [5.74, 6) is 0.976. The van der Waals surface area contributed by atoms with E-state index in [1.54, 1.807) is 12.1 Å². The third-order valence-corrected chi connectivity index (χ3v) is 5.27. The summed E-state index contributed by atoms with van der Waals surface area (Å²) in [7, 11) is 0. The van der Waals surface area contributed by atoms with Gasteiger partial charge >= 0.3 is 0 Å². The first kappa shape index (κ1) is 16.6. The third-order valence-electron chi connectivity index (χ3n) is 3.90. The monoisotopic (exact) mass is 310 g/mol. The highest BCUT2D eigenvalue weighted by Crippen LogP contribution is 2.32. The maximum absolute atomic E-state index is 13.9. The van der Waals surface area contributed by atoms with Gasteiger partial charge in [0.2, 0.25) is 0 Å². The van der Waals surface area contributed by atoms with Crippen LogP contribution in [0.25, 0.3) is 0 Å². The summed E-state index contributed by atoms with van der Waals surface area (Å²) in [6, 6.07) is 5.45. The van der Waals surface area contributed by atoms with E-state index in [-0.39, 0.29) is 5.82 Å². The molecule has 0 spiro atoms. The standard InChI is InChI=1S/C17H27FN2S/c1-4-6-19-13-14-10-15(18)12-16(11-14)20-7-5-17(2,3)21-9-8-20/h10-12,19H,4-9,13H2,1-3H3. The van der Waals surface area contributed by atoms with E-state index in [1.807, 2.05) is 11.8 Å². The molecular weight excluding hydrogens is 283 g/mol. The van der Waals surface area contributed by atoms with E-state index >= 15 is 0 Å². The van der Waals surface area contributed by atoms with E-state index in [4.69, 9.17) is 0 Å². The molecule has 1 fully saturated rings. The first-order chi connectivity index (χ1) is 10.00. The highest BCUT2D eigenvalue weighted by Gasteiger charge is 2.24. The molecule has 1 aliphatic heterocycles. The zero-order chi connectivity index (χ0) is 15.3. The number of anilines is 1. The summed E-state index contributed by atoms with van der Waals surface area (Å²) in [4.78, 5) is 2.33. The Morgan fingerprint density at radius 2 is 2.10 bits per heavy atom. The molecule has 2 nitrogen and oxygen atoms in total. The van der Waals surface area contributed by atoms with Gasteiger partial charge in [-0.2, -0.15) is 11.8 Å². The molecule has 0 amide bonds. The summed E-state index contributed by atoms with van der Waals surface area (Å²) in [6.07, 6.45) is 2.23. The van der Waals surface area contributed by atoms with Gasteiger partial charge in [0.15, 0.2) is 0 Å². The van der Waals surface area contributed by atoms with Gasteiger partial charge in [-0.25, -0.2) is 4.39 Å². The molecule has 1 aromatic carbocycles. The summed E-state index contributed by atoms with van der Waals surface area (Å²) in [5, 5.41) is 3.34. The predicted molar refractivity (Wildman–Crippen MR) is 91.8 cm³/mol. The van der Waals surface area contributed by atoms with Crippen LogP contribution < -0.4 is 10.2 Å². The van der Waals surface area contributed by atoms with Gasteiger partial charge in [-0.3, -0.25) is 0 Å². The van der Waals surface area contributed by atoms with Gasteiger partial charge in [-0.1, -0.05) is 20.8 Å². The first-order valence-corrected chi connectivity index (χ1v) is 8.88. The molecule has 1 aliphatic rings. The van der Waals surface area contributed by atoms with Crippen LogP contribution in [-0.4, -0.2) is 30.1 Å². The second-order valence-corrected chi connectivity index (χ2v) is 8.14. The molecule has 0 radical (unpaired) electrons. The number of nitrogens with one attached hydrogen (secondary N) is 1. The highest BCUT2D eigenvalue weighted by molar-refractivity contribution is 8.00. The van der Waals surface area contributed by atoms with Crippen LogP contribution in [0.2, 0.25) is 0 Å². The lowest BCUT2D eigenvalue weighted by Gasteiger charge is -2.25. The van der Waals surface area contributed by atoms with Gasteiger partial charge in [0.05, 0.1) is 0 Å². The fourth-order valence-corrected chi connectivity index (χ4v) is 3.71. The zero-order valence-electron chi connectivity index (χ0n) is 13.4. The van der Waals surface area contributed by atoms with Crippen LogP contribution in [0.15, 0.2) is 18.2 Å². The van der Waals surface area contributed by atoms with E-state index in [2.05, 4.69) is 37.1 Å². The minimum atomic E-state index is -0.128. The van der Waals surface area contributed by atoms with E-state index in [0.717, 1.165) is 56.0 Å². The summed E-state index contributed by atoms with van der Waals surface area (Å²) < 4.78 is 14.2. The fourth-order valence-electron chi connectivity index (χ4n) is 2.61. The number of halogens is 1. The van der Waals surface area contributed by atoms with Crippen molar-refractivity contribution >= 4 is 17.4 Å². The molecule has 0 aliphatic carbocycles. The van der Waals surface area contributed by atoms with Gasteiger partial charge in [0.1, 0.15) is 5.82 Å². The second-order valence-electron chi connectivity index (χ2n) is 6.34. The first-order valence-electron chi connectivity index (χ1n) is 7.89. The predicted octanol–water partition coefficient (Wildman–Crippen LogP) is 4.05. The molecule has 4 heteroatoms. The van der Waals surface area contributed by atoms with E-state index < -0.39 is 0 Å². The molecule has 0 bridgehead atoms. The second kappa shape index (κ2) is 7.50. The zero-order valence-corrected chi connectivity index (χ0v) is 14.2. The van der Waals surface area contributed by atoms with E-state index in [9.17, 15) is 4.39 Å². The van der Waals surface area contributed by atoms with E-state index in [1.165, 1.54) is 0 Å². The third kappa shape index (κ3) is 5.19. The summed E-state index contributed by atoms with van der Waals surface area (Å²) >= 11 is 2.02. The Morgan fingerprint density at radius 1 is 1.29 bits per heavy atom. The lowest BCUT2D eigenvalue weighted by atomic mass is 10.1. The minimum absolute atomic E-state index is 0.128. The molecule has 0 aromatic heterocycles. The molecule has 21 heavy (non-hydrogen) atoms. The summed E-state index contributed by atoms with van der Waals surface area (Å²) in [6.45, 7) is 10.5. The molecule has 1 N–H and O–H groups in total. The molecule has 2 rings (SSSR count). The molecular formula is C17H27FN2S. The van der Waals surface area contributed by atoms with Crippen molar-refractivity contribution in [1.82, 2.24) is 5.32 Å². The number of hydrogen-bond acceptors (Lipinski definition) is 3. The molecule has 118 valence electrons. The van der Waals surface area contributed by atoms with Crippen molar-refractivity contribution in [1.29, 1.82) is 0 Å². The average Bonchev–Trinajstić information content (AvgIpc) is 2.59. The molecule has 0 unspecified atom stereocenters. The number of thioether (sulfide) groups is 1. The Morgan fingerprint density at radius 3 is 2.86 bits per heavy atom. The Labute approximate surface area is 132 Å². The van der Waals surface area contributed by atoms with Gasteiger partial charge in [0, 0.05) is 35.8 Å². The van der Waals surface area contributed by atoms with Crippen molar-refractivity contribution in [3.8, 4) is 0 Å². The fraction of sp³-hybridized carbons (Fsp3) is 0.647. The van der Waals surface area contributed by atoms with Crippen LogP contribution in [0, 0.1) is 5.82 Å². The maximum atomic E-state index is 13.9. The van der Waals surface area contributed by atoms with Gasteiger partial charge < -0.3 is 10.2 Å². The van der Waals surface area contributed by atoms with Gasteiger partial charge in [-0.15, -0.1) is 0 Å². The Balaban J connectivity index is 2.08. The molecule has 1 heterocycles. The lowest BCUT2D eigenvalue weighted by molar-refractivity contribution is 0.613. The topological polar surface area (TPSA) is 15.3 Å². The van der Waals surface area contributed by atoms with Crippen molar-refractivity contribution in [2.75, 3.05) is 30.3 Å². The van der Waals surface area contributed by atoms with Crippen LogP contribution >= 0.6 is 11.8 Å². The SMILES string of the molecule is CCCNCc1cc(F)cc(N2CCSC(C)(C)CC2)c1. The quantitative estimate of drug-likeness (QED) is 0.826. The van der Waals surface area contributed by atoms with Crippen LogP contribution in [0.3, 0.4) is 0 Å². The largest absolute Gasteiger partial charge is 0.371 e. The Hall–Kier alpha value is -0.740. The van der Waals surface area contributed by atoms with Crippen LogP contribution in [-0.2, 0) is 6.54 Å². The number of hydrogen-bond donors (Lipinski definition) is 1. The van der Waals surface area contributed by atoms with Crippen molar-refractivity contribution in [3.05, 3.63) is 29.6 Å². The Bertz CT molecular complexity index is 462. The van der Waals surface area contributed by atoms with Crippen LogP contribution in [0.1, 0.15) is 39.2 Å². The normalized spacial score (nSPS) is 18.6. The van der Waals surface area contributed by atoms with Crippen molar-refractivity contribution < 1.29 is 4.39 Å². The maximum Gasteiger partial charge on any atom is 0.125 e.